The lowest BCUT2D eigenvalue weighted by atomic mass is 9.83. The minimum atomic E-state index is 0.482. The molecule has 0 saturated heterocycles. The van der Waals surface area contributed by atoms with Crippen LogP contribution in [0.15, 0.2) is 22.7 Å². The maximum atomic E-state index is 9.90. The highest BCUT2D eigenvalue weighted by Crippen LogP contribution is 2.54. The van der Waals surface area contributed by atoms with E-state index in [2.05, 4.69) is 22.0 Å². The molecule has 0 aromatic heterocycles. The minimum Gasteiger partial charge on any atom is -0.508 e. The summed E-state index contributed by atoms with van der Waals surface area (Å²) in [5.41, 5.74) is 1.16. The van der Waals surface area contributed by atoms with Crippen molar-refractivity contribution in [1.82, 2.24) is 0 Å². The van der Waals surface area contributed by atoms with Gasteiger partial charge in [-0.05, 0) is 60.8 Å². The molecule has 2 aliphatic carbocycles. The van der Waals surface area contributed by atoms with Crippen LogP contribution in [0.5, 0.6) is 5.75 Å². The molecule has 0 heterocycles. The van der Waals surface area contributed by atoms with Crippen LogP contribution in [0.3, 0.4) is 0 Å². The number of halogens is 1. The van der Waals surface area contributed by atoms with E-state index in [0.29, 0.717) is 11.7 Å². The van der Waals surface area contributed by atoms with E-state index in [1.807, 2.05) is 12.1 Å². The van der Waals surface area contributed by atoms with E-state index in [4.69, 9.17) is 0 Å². The van der Waals surface area contributed by atoms with E-state index in [9.17, 15) is 5.11 Å². The summed E-state index contributed by atoms with van der Waals surface area (Å²) in [6.07, 6.45) is 5.45. The Morgan fingerprint density at radius 2 is 2.07 bits per heavy atom. The topological polar surface area (TPSA) is 20.2 Å². The van der Waals surface area contributed by atoms with Crippen molar-refractivity contribution in [3.63, 3.8) is 0 Å². The van der Waals surface area contributed by atoms with Crippen LogP contribution in [0, 0.1) is 11.8 Å². The molecule has 0 radical (unpaired) electrons. The quantitative estimate of drug-likeness (QED) is 0.813. The SMILES string of the molecule is Oc1ccc(Br)cc1C1CC2CCC1C2. The third-order valence-corrected chi connectivity index (χ3v) is 4.62. The smallest absolute Gasteiger partial charge is 0.119 e. The van der Waals surface area contributed by atoms with Crippen molar-refractivity contribution in [2.75, 3.05) is 0 Å². The van der Waals surface area contributed by atoms with Crippen molar-refractivity contribution >= 4 is 15.9 Å². The lowest BCUT2D eigenvalue weighted by Gasteiger charge is -2.22. The van der Waals surface area contributed by atoms with Crippen molar-refractivity contribution in [2.45, 2.75) is 31.6 Å². The lowest BCUT2D eigenvalue weighted by Crippen LogP contribution is -2.08. The highest BCUT2D eigenvalue weighted by molar-refractivity contribution is 9.10. The van der Waals surface area contributed by atoms with E-state index in [-0.39, 0.29) is 0 Å². The van der Waals surface area contributed by atoms with Crippen LogP contribution >= 0.6 is 15.9 Å². The van der Waals surface area contributed by atoms with Gasteiger partial charge in [0.15, 0.2) is 0 Å². The number of phenols is 1. The van der Waals surface area contributed by atoms with Gasteiger partial charge in [-0.25, -0.2) is 0 Å². The molecule has 15 heavy (non-hydrogen) atoms. The Morgan fingerprint density at radius 1 is 1.20 bits per heavy atom. The van der Waals surface area contributed by atoms with Gasteiger partial charge in [-0.3, -0.25) is 0 Å². The van der Waals surface area contributed by atoms with Crippen molar-refractivity contribution < 1.29 is 5.11 Å². The summed E-state index contributed by atoms with van der Waals surface area (Å²) in [6.45, 7) is 0. The molecule has 3 unspecified atom stereocenters. The highest BCUT2D eigenvalue weighted by Gasteiger charge is 2.40. The summed E-state index contributed by atoms with van der Waals surface area (Å²) in [6, 6.07) is 5.82. The van der Waals surface area contributed by atoms with Gasteiger partial charge in [0, 0.05) is 4.47 Å². The van der Waals surface area contributed by atoms with Gasteiger partial charge in [0.05, 0.1) is 0 Å². The summed E-state index contributed by atoms with van der Waals surface area (Å²) in [4.78, 5) is 0. The molecule has 3 rings (SSSR count). The fourth-order valence-electron chi connectivity index (χ4n) is 3.45. The van der Waals surface area contributed by atoms with E-state index in [0.717, 1.165) is 21.9 Å². The first-order valence-electron chi connectivity index (χ1n) is 5.72. The predicted molar refractivity (Wildman–Crippen MR) is 64.0 cm³/mol. The highest BCUT2D eigenvalue weighted by atomic mass is 79.9. The monoisotopic (exact) mass is 266 g/mol. The Bertz CT molecular complexity index is 388. The third-order valence-electron chi connectivity index (χ3n) is 4.13. The standard InChI is InChI=1S/C13H15BrO/c14-10-3-4-13(15)12(7-10)11-6-8-1-2-9(11)5-8/h3-4,7-9,11,15H,1-2,5-6H2. The Balaban J connectivity index is 1.96. The second kappa shape index (κ2) is 3.51. The zero-order chi connectivity index (χ0) is 10.4. The average Bonchev–Trinajstić information content (AvgIpc) is 2.83. The number of hydrogen-bond donors (Lipinski definition) is 1. The number of fused-ring (bicyclic) bond motifs is 2. The molecule has 1 nitrogen and oxygen atoms in total. The van der Waals surface area contributed by atoms with Crippen LogP contribution in [-0.2, 0) is 0 Å². The van der Waals surface area contributed by atoms with Crippen LogP contribution in [-0.4, -0.2) is 5.11 Å². The predicted octanol–water partition coefficient (Wildman–Crippen LogP) is 4.06. The second-order valence-electron chi connectivity index (χ2n) is 4.98. The van der Waals surface area contributed by atoms with E-state index >= 15 is 0 Å². The molecular formula is C13H15BrO. The Hall–Kier alpha value is -0.500. The molecule has 80 valence electrons. The van der Waals surface area contributed by atoms with Crippen LogP contribution in [0.2, 0.25) is 0 Å². The summed E-state index contributed by atoms with van der Waals surface area (Å²) in [5, 5.41) is 9.90. The van der Waals surface area contributed by atoms with Crippen LogP contribution in [0.25, 0.3) is 0 Å². The van der Waals surface area contributed by atoms with Crippen molar-refractivity contribution in [2.24, 2.45) is 11.8 Å². The van der Waals surface area contributed by atoms with Crippen LogP contribution in [0.4, 0.5) is 0 Å². The van der Waals surface area contributed by atoms with E-state index in [1.165, 1.54) is 25.7 Å². The zero-order valence-corrected chi connectivity index (χ0v) is 10.2. The Morgan fingerprint density at radius 3 is 2.73 bits per heavy atom. The minimum absolute atomic E-state index is 0.482. The van der Waals surface area contributed by atoms with Gasteiger partial charge < -0.3 is 5.11 Å². The molecule has 2 saturated carbocycles. The first kappa shape index (κ1) is 9.71. The number of rotatable bonds is 1. The van der Waals surface area contributed by atoms with E-state index < -0.39 is 0 Å². The van der Waals surface area contributed by atoms with Gasteiger partial charge in [0.2, 0.25) is 0 Å². The van der Waals surface area contributed by atoms with Crippen molar-refractivity contribution in [1.29, 1.82) is 0 Å². The Kier molecular flexibility index (Phi) is 2.27. The van der Waals surface area contributed by atoms with Crippen LogP contribution < -0.4 is 0 Å². The van der Waals surface area contributed by atoms with Crippen LogP contribution in [0.1, 0.15) is 37.2 Å². The summed E-state index contributed by atoms with van der Waals surface area (Å²) in [7, 11) is 0. The summed E-state index contributed by atoms with van der Waals surface area (Å²) < 4.78 is 1.08. The van der Waals surface area contributed by atoms with Gasteiger partial charge in [0.25, 0.3) is 0 Å². The molecular weight excluding hydrogens is 252 g/mol. The molecule has 0 spiro atoms. The van der Waals surface area contributed by atoms with Gasteiger partial charge in [0.1, 0.15) is 5.75 Å². The molecule has 0 amide bonds. The first-order chi connectivity index (χ1) is 7.24. The lowest BCUT2D eigenvalue weighted by molar-refractivity contribution is 0.397. The maximum Gasteiger partial charge on any atom is 0.119 e. The molecule has 2 heteroatoms. The number of benzene rings is 1. The normalized spacial score (nSPS) is 33.5. The zero-order valence-electron chi connectivity index (χ0n) is 8.62. The first-order valence-corrected chi connectivity index (χ1v) is 6.52. The average molecular weight is 267 g/mol. The Labute approximate surface area is 98.6 Å². The second-order valence-corrected chi connectivity index (χ2v) is 5.90. The molecule has 1 aromatic rings. The number of aromatic hydroxyl groups is 1. The van der Waals surface area contributed by atoms with Crippen molar-refractivity contribution in [3.05, 3.63) is 28.2 Å². The van der Waals surface area contributed by atoms with E-state index in [1.54, 1.807) is 0 Å². The molecule has 3 atom stereocenters. The van der Waals surface area contributed by atoms with Gasteiger partial charge >= 0.3 is 0 Å². The summed E-state index contributed by atoms with van der Waals surface area (Å²) >= 11 is 3.49. The van der Waals surface area contributed by atoms with Gasteiger partial charge in [-0.1, -0.05) is 22.4 Å². The maximum absolute atomic E-state index is 9.90. The summed E-state index contributed by atoms with van der Waals surface area (Å²) in [5.74, 6) is 2.85. The fraction of sp³-hybridized carbons (Fsp3) is 0.538. The number of hydrogen-bond acceptors (Lipinski definition) is 1. The number of phenolic OH excluding ortho intramolecular Hbond substituents is 1. The molecule has 0 aliphatic heterocycles. The fourth-order valence-corrected chi connectivity index (χ4v) is 3.83. The molecule has 1 aromatic carbocycles. The molecule has 2 aliphatic rings. The van der Waals surface area contributed by atoms with Crippen molar-refractivity contribution in [3.8, 4) is 5.75 Å². The molecule has 2 fully saturated rings. The van der Waals surface area contributed by atoms with Gasteiger partial charge in [-0.15, -0.1) is 0 Å². The molecule has 1 N–H and O–H groups in total. The largest absolute Gasteiger partial charge is 0.508 e. The third kappa shape index (κ3) is 1.59. The molecule has 2 bridgehead atoms. The van der Waals surface area contributed by atoms with Gasteiger partial charge in [-0.2, -0.15) is 0 Å².